The quantitative estimate of drug-likeness (QED) is 0.225. The highest BCUT2D eigenvalue weighted by atomic mass is 16.6. The Hall–Kier alpha value is -4.24. The van der Waals surface area contributed by atoms with Crippen LogP contribution in [0.3, 0.4) is 0 Å². The van der Waals surface area contributed by atoms with E-state index >= 15 is 0 Å². The highest BCUT2D eigenvalue weighted by molar-refractivity contribution is 5.94. The number of hydrogen-bond acceptors (Lipinski definition) is 12. The lowest BCUT2D eigenvalue weighted by Gasteiger charge is -2.30. The molecule has 4 amide bonds. The van der Waals surface area contributed by atoms with Crippen LogP contribution in [0, 0.1) is 35.5 Å². The molecule has 0 aliphatic carbocycles. The Kier molecular flexibility index (Phi) is 17.7. The zero-order valence-electron chi connectivity index (χ0n) is 33.0. The fraction of sp³-hybridized carbons (Fsp3) is 0.778. The number of carbonyl (C=O) groups is 8. The summed E-state index contributed by atoms with van der Waals surface area (Å²) >= 11 is 0. The first kappa shape index (κ1) is 45.8. The maximum absolute atomic E-state index is 13.5. The molecule has 1 fully saturated rings. The monoisotopic (exact) mass is 740 g/mol. The van der Waals surface area contributed by atoms with Crippen molar-refractivity contribution in [2.24, 2.45) is 35.5 Å². The minimum Gasteiger partial charge on any atom is -0.451 e. The van der Waals surface area contributed by atoms with Crippen molar-refractivity contribution in [2.75, 3.05) is 0 Å². The zero-order chi connectivity index (χ0) is 40.4. The topological polar surface area (TPSA) is 222 Å². The van der Waals surface area contributed by atoms with Gasteiger partial charge in [-0.2, -0.15) is 0 Å². The molecule has 8 atom stereocenters. The van der Waals surface area contributed by atoms with Crippen molar-refractivity contribution < 1.29 is 57.3 Å². The molecule has 0 saturated carbocycles. The number of esters is 4. The van der Waals surface area contributed by atoms with Gasteiger partial charge in [-0.25, -0.2) is 19.2 Å². The maximum atomic E-state index is 13.5. The summed E-state index contributed by atoms with van der Waals surface area (Å²) in [4.78, 5) is 107. The van der Waals surface area contributed by atoms with Crippen molar-refractivity contribution in [3.8, 4) is 0 Å². The van der Waals surface area contributed by atoms with Gasteiger partial charge in [0.05, 0.1) is 0 Å². The van der Waals surface area contributed by atoms with E-state index in [2.05, 4.69) is 21.3 Å². The minimum absolute atomic E-state index is 0.534. The van der Waals surface area contributed by atoms with Crippen molar-refractivity contribution in [3.63, 3.8) is 0 Å². The number of rotatable bonds is 6. The van der Waals surface area contributed by atoms with Crippen LogP contribution in [0.4, 0.5) is 0 Å². The Balaban J connectivity index is 3.68. The molecule has 0 aromatic carbocycles. The Morgan fingerprint density at radius 3 is 0.769 bits per heavy atom. The molecule has 0 aromatic rings. The van der Waals surface area contributed by atoms with E-state index in [0.29, 0.717) is 0 Å². The lowest BCUT2D eigenvalue weighted by molar-refractivity contribution is -0.167. The second-order valence-electron chi connectivity index (χ2n) is 15.3. The molecule has 1 heterocycles. The first-order chi connectivity index (χ1) is 23.9. The molecule has 0 unspecified atom stereocenters. The Labute approximate surface area is 306 Å². The van der Waals surface area contributed by atoms with Crippen molar-refractivity contribution in [3.05, 3.63) is 0 Å². The van der Waals surface area contributed by atoms with Gasteiger partial charge in [-0.3, -0.25) is 19.2 Å². The van der Waals surface area contributed by atoms with Crippen LogP contribution in [0.5, 0.6) is 0 Å². The fourth-order valence-corrected chi connectivity index (χ4v) is 4.99. The first-order valence-corrected chi connectivity index (χ1v) is 17.9. The minimum atomic E-state index is -1.43. The van der Waals surface area contributed by atoms with E-state index in [9.17, 15) is 38.4 Å². The van der Waals surface area contributed by atoms with Gasteiger partial charge in [-0.15, -0.1) is 0 Å². The van der Waals surface area contributed by atoms with Gasteiger partial charge in [0, 0.05) is 0 Å². The molecule has 16 nitrogen and oxygen atoms in total. The number of nitrogens with one attached hydrogen (secondary N) is 4. The molecule has 52 heavy (non-hydrogen) atoms. The van der Waals surface area contributed by atoms with E-state index in [1.54, 1.807) is 83.1 Å². The molecule has 0 aromatic heterocycles. The number of cyclic esters (lactones) is 4. The average Bonchev–Trinajstić information content (AvgIpc) is 3.02. The van der Waals surface area contributed by atoms with Gasteiger partial charge < -0.3 is 40.2 Å². The molecule has 1 saturated heterocycles. The first-order valence-electron chi connectivity index (χ1n) is 17.9. The lowest BCUT2D eigenvalue weighted by atomic mass is 10.0. The van der Waals surface area contributed by atoms with Gasteiger partial charge in [0.2, 0.25) is 0 Å². The Morgan fingerprint density at radius 1 is 0.346 bits per heavy atom. The van der Waals surface area contributed by atoms with Crippen LogP contribution in [0.2, 0.25) is 0 Å². The molecule has 0 spiro atoms. The summed E-state index contributed by atoms with van der Waals surface area (Å²) in [7, 11) is 0. The van der Waals surface area contributed by atoms with E-state index in [1.807, 2.05) is 0 Å². The van der Waals surface area contributed by atoms with Gasteiger partial charge in [0.1, 0.15) is 24.2 Å². The summed E-state index contributed by atoms with van der Waals surface area (Å²) in [6.45, 7) is 22.1. The Morgan fingerprint density at radius 2 is 0.558 bits per heavy atom. The van der Waals surface area contributed by atoms with E-state index in [0.717, 1.165) is 0 Å². The summed E-state index contributed by atoms with van der Waals surface area (Å²) in [5, 5.41) is 10.1. The second kappa shape index (κ2) is 20.1. The van der Waals surface area contributed by atoms with Gasteiger partial charge in [0.15, 0.2) is 24.4 Å². The summed E-state index contributed by atoms with van der Waals surface area (Å²) in [5.41, 5.74) is 0. The van der Waals surface area contributed by atoms with Crippen molar-refractivity contribution in [1.82, 2.24) is 21.3 Å². The smallest absolute Gasteiger partial charge is 0.329 e. The molecule has 0 radical (unpaired) electrons. The third-order valence-corrected chi connectivity index (χ3v) is 8.41. The number of carbonyl (C=O) groups excluding carboxylic acids is 8. The van der Waals surface area contributed by atoms with Crippen molar-refractivity contribution in [2.45, 2.75) is 146 Å². The van der Waals surface area contributed by atoms with Crippen LogP contribution in [0.15, 0.2) is 0 Å². The van der Waals surface area contributed by atoms with E-state index in [4.69, 9.17) is 18.9 Å². The standard InChI is InChI=1S/C36H60N4O12/c1-15(2)23-33(45)49-21(13)29(41)37-26(18(7)8)36(48)52-28(20(11)12)32(44)40-24(16(3)4)34(46)50-22(14)30(42)38-25(17(5)6)35(47)51-27(19(9)10)31(43)39-23/h15-28H,1-14H3,(H,37,41)(H,38,42)(H,39,43)(H,40,44)/t21-,22+,23-,24-,25-,26+,27-,28+/m0/s1. The van der Waals surface area contributed by atoms with Crippen molar-refractivity contribution in [1.29, 1.82) is 0 Å². The number of ether oxygens (including phenoxy) is 4. The van der Waals surface area contributed by atoms with Gasteiger partial charge in [-0.05, 0) is 49.4 Å². The molecule has 296 valence electrons. The summed E-state index contributed by atoms with van der Waals surface area (Å²) in [5.74, 6) is -10.4. The highest BCUT2D eigenvalue weighted by Gasteiger charge is 2.40. The van der Waals surface area contributed by atoms with Crippen LogP contribution >= 0.6 is 0 Å². The second-order valence-corrected chi connectivity index (χ2v) is 15.3. The maximum Gasteiger partial charge on any atom is 0.329 e. The van der Waals surface area contributed by atoms with E-state index in [1.165, 1.54) is 13.8 Å². The van der Waals surface area contributed by atoms with Crippen LogP contribution < -0.4 is 21.3 Å². The molecule has 16 heteroatoms. The lowest BCUT2D eigenvalue weighted by Crippen LogP contribution is -2.56. The molecule has 1 aliphatic heterocycles. The Bertz CT molecular complexity index is 1200. The highest BCUT2D eigenvalue weighted by Crippen LogP contribution is 2.17. The molecule has 1 rings (SSSR count). The molecule has 4 N–H and O–H groups in total. The summed E-state index contributed by atoms with van der Waals surface area (Å²) < 4.78 is 22.0. The van der Waals surface area contributed by atoms with Crippen LogP contribution in [-0.2, 0) is 57.3 Å². The fourth-order valence-electron chi connectivity index (χ4n) is 4.99. The third kappa shape index (κ3) is 13.1. The predicted octanol–water partition coefficient (Wildman–Crippen LogP) is 1.56. The summed E-state index contributed by atoms with van der Waals surface area (Å²) in [6, 6.07) is -5.07. The van der Waals surface area contributed by atoms with Gasteiger partial charge >= 0.3 is 23.9 Å². The number of amides is 4. The van der Waals surface area contributed by atoms with Crippen molar-refractivity contribution >= 4 is 47.5 Å². The largest absolute Gasteiger partial charge is 0.451 e. The molecular weight excluding hydrogens is 680 g/mol. The van der Waals surface area contributed by atoms with Gasteiger partial charge in [-0.1, -0.05) is 83.1 Å². The SMILES string of the molecule is CC(C)[C@@H]1NC(=O)[C@H](C(C)C)OC(=O)[C@H](C(C)C)NC(=O)[C@@H](C)OC(=O)[C@H](C(C)C)NC(=O)[C@@H](C(C)C)OC(=O)[C@@H](C(C)C)NC(=O)[C@H](C)OC1=O. The molecule has 0 bridgehead atoms. The van der Waals surface area contributed by atoms with E-state index in [-0.39, 0.29) is 0 Å². The van der Waals surface area contributed by atoms with E-state index < -0.39 is 132 Å². The third-order valence-electron chi connectivity index (χ3n) is 8.41. The summed E-state index contributed by atoms with van der Waals surface area (Å²) in [6.07, 6.45) is -5.65. The predicted molar refractivity (Wildman–Crippen MR) is 188 cm³/mol. The normalized spacial score (nSPS) is 28.8. The molecule has 1 aliphatic rings. The average molecular weight is 741 g/mol. The van der Waals surface area contributed by atoms with Crippen LogP contribution in [0.1, 0.15) is 96.9 Å². The van der Waals surface area contributed by atoms with Gasteiger partial charge in [0.25, 0.3) is 23.6 Å². The zero-order valence-corrected chi connectivity index (χ0v) is 33.0. The molecular formula is C36H60N4O12. The number of hydrogen-bond donors (Lipinski definition) is 4. The van der Waals surface area contributed by atoms with Crippen LogP contribution in [-0.4, -0.2) is 96.1 Å². The van der Waals surface area contributed by atoms with Crippen LogP contribution in [0.25, 0.3) is 0 Å².